The first kappa shape index (κ1) is 15.1. The summed E-state index contributed by atoms with van der Waals surface area (Å²) in [5.41, 5.74) is 2.42. The number of benzene rings is 2. The zero-order chi connectivity index (χ0) is 15.2. The topological polar surface area (TPSA) is 52.6 Å². The molecule has 2 N–H and O–H groups in total. The van der Waals surface area contributed by atoms with Gasteiger partial charge in [0.1, 0.15) is 0 Å². The molecule has 2 rings (SSSR count). The fraction of sp³-hybridized carbons (Fsp3) is 0.235. The van der Waals surface area contributed by atoms with Gasteiger partial charge in [-0.15, -0.1) is 0 Å². The summed E-state index contributed by atoms with van der Waals surface area (Å²) < 4.78 is 0. The summed E-state index contributed by atoms with van der Waals surface area (Å²) in [6.45, 7) is 0. The molecular weight excluding hydrogens is 264 g/mol. The predicted octanol–water partition coefficient (Wildman–Crippen LogP) is 2.81. The second kappa shape index (κ2) is 6.90. The molecule has 0 bridgehead atoms. The summed E-state index contributed by atoms with van der Waals surface area (Å²) in [5, 5.41) is 12.9. The Kier molecular flexibility index (Phi) is 4.95. The standard InChI is InChI=1S/C17H20N2O2/c1-19(2)15-11-7-6-10-14(15)18-17(21)12-16(20)13-8-4-3-5-9-13/h3-11,16,20H,12H2,1-2H3,(H,18,21). The van der Waals surface area contributed by atoms with Gasteiger partial charge in [-0.05, 0) is 17.7 Å². The van der Waals surface area contributed by atoms with Crippen molar-refractivity contribution in [3.05, 3.63) is 60.2 Å². The molecule has 2 aromatic rings. The Bertz CT molecular complexity index is 597. The third-order valence-corrected chi connectivity index (χ3v) is 3.22. The number of aliphatic hydroxyl groups excluding tert-OH is 1. The van der Waals surface area contributed by atoms with E-state index in [4.69, 9.17) is 0 Å². The van der Waals surface area contributed by atoms with Gasteiger partial charge in [0.25, 0.3) is 0 Å². The molecule has 0 aromatic heterocycles. The van der Waals surface area contributed by atoms with Gasteiger partial charge in [0.05, 0.1) is 23.9 Å². The first-order chi connectivity index (χ1) is 10.1. The average Bonchev–Trinajstić information content (AvgIpc) is 2.48. The number of aliphatic hydroxyl groups is 1. The number of carbonyl (C=O) groups is 1. The molecule has 1 unspecified atom stereocenters. The highest BCUT2D eigenvalue weighted by molar-refractivity contribution is 5.94. The van der Waals surface area contributed by atoms with Crippen molar-refractivity contribution >= 4 is 17.3 Å². The fourth-order valence-corrected chi connectivity index (χ4v) is 2.14. The summed E-state index contributed by atoms with van der Waals surface area (Å²) in [7, 11) is 3.84. The fourth-order valence-electron chi connectivity index (χ4n) is 2.14. The lowest BCUT2D eigenvalue weighted by atomic mass is 10.1. The summed E-state index contributed by atoms with van der Waals surface area (Å²) >= 11 is 0. The molecule has 0 fully saturated rings. The maximum Gasteiger partial charge on any atom is 0.227 e. The van der Waals surface area contributed by atoms with Crippen molar-refractivity contribution in [1.82, 2.24) is 0 Å². The van der Waals surface area contributed by atoms with Gasteiger partial charge in [-0.25, -0.2) is 0 Å². The van der Waals surface area contributed by atoms with E-state index < -0.39 is 6.10 Å². The van der Waals surface area contributed by atoms with Crippen molar-refractivity contribution in [1.29, 1.82) is 0 Å². The van der Waals surface area contributed by atoms with Crippen molar-refractivity contribution in [2.24, 2.45) is 0 Å². The number of hydrogen-bond acceptors (Lipinski definition) is 3. The van der Waals surface area contributed by atoms with E-state index in [-0.39, 0.29) is 12.3 Å². The highest BCUT2D eigenvalue weighted by Gasteiger charge is 2.14. The van der Waals surface area contributed by atoms with Crippen molar-refractivity contribution in [2.45, 2.75) is 12.5 Å². The third-order valence-electron chi connectivity index (χ3n) is 3.22. The van der Waals surface area contributed by atoms with Crippen LogP contribution in [0.4, 0.5) is 11.4 Å². The first-order valence-corrected chi connectivity index (χ1v) is 6.87. The quantitative estimate of drug-likeness (QED) is 0.887. The lowest BCUT2D eigenvalue weighted by Crippen LogP contribution is -2.18. The van der Waals surface area contributed by atoms with Crippen LogP contribution >= 0.6 is 0 Å². The van der Waals surface area contributed by atoms with Crippen molar-refractivity contribution in [2.75, 3.05) is 24.3 Å². The summed E-state index contributed by atoms with van der Waals surface area (Å²) in [4.78, 5) is 14.0. The maximum absolute atomic E-state index is 12.1. The van der Waals surface area contributed by atoms with Crippen LogP contribution in [0.2, 0.25) is 0 Å². The number of carbonyl (C=O) groups excluding carboxylic acids is 1. The van der Waals surface area contributed by atoms with Gasteiger partial charge < -0.3 is 15.3 Å². The van der Waals surface area contributed by atoms with Gasteiger partial charge >= 0.3 is 0 Å². The van der Waals surface area contributed by atoms with Gasteiger partial charge in [0.15, 0.2) is 0 Å². The summed E-state index contributed by atoms with van der Waals surface area (Å²) in [5.74, 6) is -0.208. The van der Waals surface area contributed by atoms with Gasteiger partial charge in [-0.3, -0.25) is 4.79 Å². The number of para-hydroxylation sites is 2. The van der Waals surface area contributed by atoms with Crippen LogP contribution in [0.25, 0.3) is 0 Å². The van der Waals surface area contributed by atoms with E-state index in [2.05, 4.69) is 5.32 Å². The van der Waals surface area contributed by atoms with Crippen LogP contribution in [0, 0.1) is 0 Å². The molecule has 0 aliphatic heterocycles. The van der Waals surface area contributed by atoms with Crippen LogP contribution in [-0.4, -0.2) is 25.1 Å². The Balaban J connectivity index is 2.02. The van der Waals surface area contributed by atoms with Crippen molar-refractivity contribution < 1.29 is 9.90 Å². The molecule has 0 radical (unpaired) electrons. The van der Waals surface area contributed by atoms with E-state index >= 15 is 0 Å². The molecule has 4 heteroatoms. The van der Waals surface area contributed by atoms with Gasteiger partial charge in [0.2, 0.25) is 5.91 Å². The van der Waals surface area contributed by atoms with E-state index in [9.17, 15) is 9.90 Å². The van der Waals surface area contributed by atoms with Crippen LogP contribution in [-0.2, 0) is 4.79 Å². The Morgan fingerprint density at radius 1 is 1.10 bits per heavy atom. The molecule has 110 valence electrons. The highest BCUT2D eigenvalue weighted by atomic mass is 16.3. The van der Waals surface area contributed by atoms with E-state index in [0.717, 1.165) is 16.9 Å². The molecular formula is C17H20N2O2. The number of anilines is 2. The SMILES string of the molecule is CN(C)c1ccccc1NC(=O)CC(O)c1ccccc1. The Morgan fingerprint density at radius 2 is 1.71 bits per heavy atom. The lowest BCUT2D eigenvalue weighted by molar-refractivity contribution is -0.118. The molecule has 0 aliphatic rings. The number of nitrogens with zero attached hydrogens (tertiary/aromatic N) is 1. The smallest absolute Gasteiger partial charge is 0.227 e. The number of nitrogens with one attached hydrogen (secondary N) is 1. The van der Waals surface area contributed by atoms with Crippen LogP contribution in [0.3, 0.4) is 0 Å². The summed E-state index contributed by atoms with van der Waals surface area (Å²) in [6.07, 6.45) is -0.760. The lowest BCUT2D eigenvalue weighted by Gasteiger charge is -2.18. The number of hydrogen-bond donors (Lipinski definition) is 2. The van der Waals surface area contributed by atoms with Gasteiger partial charge in [0, 0.05) is 14.1 Å². The zero-order valence-corrected chi connectivity index (χ0v) is 12.3. The van der Waals surface area contributed by atoms with Crippen LogP contribution in [0.15, 0.2) is 54.6 Å². The van der Waals surface area contributed by atoms with E-state index in [1.165, 1.54) is 0 Å². The number of amides is 1. The molecule has 0 saturated heterocycles. The minimum Gasteiger partial charge on any atom is -0.388 e. The molecule has 1 amide bonds. The summed E-state index contributed by atoms with van der Waals surface area (Å²) in [6, 6.07) is 16.8. The van der Waals surface area contributed by atoms with E-state index in [1.54, 1.807) is 0 Å². The molecule has 4 nitrogen and oxygen atoms in total. The monoisotopic (exact) mass is 284 g/mol. The number of rotatable bonds is 5. The van der Waals surface area contributed by atoms with Gasteiger partial charge in [-0.2, -0.15) is 0 Å². The minimum absolute atomic E-state index is 0.0335. The first-order valence-electron chi connectivity index (χ1n) is 6.87. The predicted molar refractivity (Wildman–Crippen MR) is 85.4 cm³/mol. The molecule has 0 heterocycles. The molecule has 2 aromatic carbocycles. The zero-order valence-electron chi connectivity index (χ0n) is 12.3. The molecule has 0 aliphatic carbocycles. The third kappa shape index (κ3) is 4.07. The highest BCUT2D eigenvalue weighted by Crippen LogP contribution is 2.24. The molecule has 1 atom stereocenters. The molecule has 21 heavy (non-hydrogen) atoms. The van der Waals surface area contributed by atoms with E-state index in [1.807, 2.05) is 73.6 Å². The molecule has 0 saturated carbocycles. The van der Waals surface area contributed by atoms with Gasteiger partial charge in [-0.1, -0.05) is 42.5 Å². The van der Waals surface area contributed by atoms with E-state index in [0.29, 0.717) is 0 Å². The minimum atomic E-state index is -0.794. The van der Waals surface area contributed by atoms with Crippen LogP contribution in [0.1, 0.15) is 18.1 Å². The second-order valence-corrected chi connectivity index (χ2v) is 5.09. The van der Waals surface area contributed by atoms with Crippen molar-refractivity contribution in [3.63, 3.8) is 0 Å². The maximum atomic E-state index is 12.1. The Morgan fingerprint density at radius 3 is 2.38 bits per heavy atom. The van der Waals surface area contributed by atoms with Crippen LogP contribution in [0.5, 0.6) is 0 Å². The molecule has 0 spiro atoms. The average molecular weight is 284 g/mol. The van der Waals surface area contributed by atoms with Crippen molar-refractivity contribution in [3.8, 4) is 0 Å². The Hall–Kier alpha value is -2.33. The normalized spacial score (nSPS) is 11.8. The van der Waals surface area contributed by atoms with Crippen LogP contribution < -0.4 is 10.2 Å². The Labute approximate surface area is 125 Å². The second-order valence-electron chi connectivity index (χ2n) is 5.09. The largest absolute Gasteiger partial charge is 0.388 e.